The summed E-state index contributed by atoms with van der Waals surface area (Å²) in [6.07, 6.45) is 2.30. The number of nitrogens with zero attached hydrogens (tertiary/aromatic N) is 7. The Morgan fingerprint density at radius 3 is 2.69 bits per heavy atom. The highest BCUT2D eigenvalue weighted by Gasteiger charge is 2.31. The van der Waals surface area contributed by atoms with E-state index in [2.05, 4.69) is 56.3 Å². The number of aromatic nitrogens is 6. The zero-order valence-corrected chi connectivity index (χ0v) is 19.8. The predicted molar refractivity (Wildman–Crippen MR) is 126 cm³/mol. The molecule has 4 aromatic rings. The lowest BCUT2D eigenvalue weighted by Crippen LogP contribution is -2.38. The fraction of sp³-hybridized carbons (Fsp3) is 0.458. The molecule has 6 rings (SSSR count). The molecule has 35 heavy (non-hydrogen) atoms. The Balaban J connectivity index is 1.20. The van der Waals surface area contributed by atoms with Crippen LogP contribution in [-0.2, 0) is 16.0 Å². The Morgan fingerprint density at radius 2 is 1.89 bits per heavy atom. The second-order valence-electron chi connectivity index (χ2n) is 9.13. The van der Waals surface area contributed by atoms with Gasteiger partial charge in [0.05, 0.1) is 31.6 Å². The van der Waals surface area contributed by atoms with Crippen molar-refractivity contribution in [2.24, 2.45) is 0 Å². The van der Waals surface area contributed by atoms with Gasteiger partial charge in [-0.25, -0.2) is 4.98 Å². The summed E-state index contributed by atoms with van der Waals surface area (Å²) in [6.45, 7) is 7.24. The van der Waals surface area contributed by atoms with Gasteiger partial charge in [-0.05, 0) is 25.8 Å². The average Bonchev–Trinajstić information content (AvgIpc) is 3.61. The largest absolute Gasteiger partial charge is 0.378 e. The van der Waals surface area contributed by atoms with Crippen molar-refractivity contribution in [3.63, 3.8) is 0 Å². The van der Waals surface area contributed by atoms with Gasteiger partial charge in [0.25, 0.3) is 5.56 Å². The first-order chi connectivity index (χ1) is 17.1. The van der Waals surface area contributed by atoms with E-state index in [-0.39, 0.29) is 24.1 Å². The van der Waals surface area contributed by atoms with E-state index in [0.29, 0.717) is 61.8 Å². The number of ether oxygens (including phenoxy) is 2. The molecule has 0 unspecified atom stereocenters. The van der Waals surface area contributed by atoms with Crippen molar-refractivity contribution in [1.82, 2.24) is 29.3 Å². The van der Waals surface area contributed by atoms with Crippen molar-refractivity contribution >= 4 is 11.5 Å². The van der Waals surface area contributed by atoms with Crippen LogP contribution in [0.3, 0.4) is 0 Å². The van der Waals surface area contributed by atoms with Crippen LogP contribution in [0.4, 0.5) is 5.95 Å². The molecule has 2 atom stereocenters. The van der Waals surface area contributed by atoms with Crippen molar-refractivity contribution in [1.29, 1.82) is 0 Å². The molecule has 182 valence electrons. The van der Waals surface area contributed by atoms with E-state index >= 15 is 0 Å². The highest BCUT2D eigenvalue weighted by Crippen LogP contribution is 2.37. The van der Waals surface area contributed by atoms with Gasteiger partial charge in [0.2, 0.25) is 11.8 Å². The minimum atomic E-state index is -0.201. The quantitative estimate of drug-likeness (QED) is 0.426. The molecule has 1 aromatic carbocycles. The Kier molecular flexibility index (Phi) is 5.57. The number of hydrogen-bond acceptors (Lipinski definition) is 9. The van der Waals surface area contributed by atoms with Gasteiger partial charge in [0.15, 0.2) is 11.3 Å². The fourth-order valence-corrected chi connectivity index (χ4v) is 4.71. The van der Waals surface area contributed by atoms with Crippen molar-refractivity contribution in [2.75, 3.05) is 37.8 Å². The number of rotatable bonds is 5. The van der Waals surface area contributed by atoms with E-state index in [0.717, 1.165) is 12.0 Å². The van der Waals surface area contributed by atoms with Crippen LogP contribution in [0.5, 0.6) is 0 Å². The van der Waals surface area contributed by atoms with Crippen LogP contribution < -0.4 is 10.5 Å². The monoisotopic (exact) mass is 477 g/mol. The summed E-state index contributed by atoms with van der Waals surface area (Å²) in [5, 5.41) is 8.67. The Bertz CT molecular complexity index is 1400. The van der Waals surface area contributed by atoms with E-state index < -0.39 is 0 Å². The summed E-state index contributed by atoms with van der Waals surface area (Å²) in [6, 6.07) is 8.38. The summed E-state index contributed by atoms with van der Waals surface area (Å²) in [7, 11) is 0. The molecule has 2 saturated heterocycles. The van der Waals surface area contributed by atoms with Crippen LogP contribution in [0, 0.1) is 13.8 Å². The van der Waals surface area contributed by atoms with Crippen molar-refractivity contribution in [3.05, 3.63) is 69.5 Å². The van der Waals surface area contributed by atoms with E-state index in [4.69, 9.17) is 14.0 Å². The number of hydrogen-bond donors (Lipinski definition) is 0. The second kappa shape index (κ2) is 8.90. The van der Waals surface area contributed by atoms with E-state index in [9.17, 15) is 4.79 Å². The third-order valence-electron chi connectivity index (χ3n) is 6.68. The fourth-order valence-electron chi connectivity index (χ4n) is 4.71. The van der Waals surface area contributed by atoms with Gasteiger partial charge < -0.3 is 18.9 Å². The van der Waals surface area contributed by atoms with E-state index in [1.165, 1.54) is 16.5 Å². The van der Waals surface area contributed by atoms with Gasteiger partial charge in [0.1, 0.15) is 12.9 Å². The zero-order chi connectivity index (χ0) is 23.9. The van der Waals surface area contributed by atoms with Crippen molar-refractivity contribution in [3.8, 4) is 0 Å². The number of imidazole rings is 1. The molecule has 0 radical (unpaired) electrons. The molecular formula is C24H27N7O4. The number of morpholine rings is 1. The molecule has 0 bridgehead atoms. The van der Waals surface area contributed by atoms with Gasteiger partial charge in [-0.3, -0.25) is 9.36 Å². The van der Waals surface area contributed by atoms with Crippen LogP contribution >= 0.6 is 0 Å². The first kappa shape index (κ1) is 21.9. The number of aryl methyl sites for hydroxylation is 2. The molecule has 11 heteroatoms. The van der Waals surface area contributed by atoms with Crippen LogP contribution in [0.15, 0.2) is 39.9 Å². The first-order valence-electron chi connectivity index (χ1n) is 11.8. The lowest BCUT2D eigenvalue weighted by molar-refractivity contribution is 0.110. The molecular weight excluding hydrogens is 450 g/mol. The average molecular weight is 478 g/mol. The molecule has 11 nitrogen and oxygen atoms in total. The molecule has 2 aliphatic heterocycles. The molecule has 0 amide bonds. The van der Waals surface area contributed by atoms with Crippen LogP contribution in [0.1, 0.15) is 47.0 Å². The summed E-state index contributed by atoms with van der Waals surface area (Å²) >= 11 is 0. The molecule has 0 spiro atoms. The number of benzene rings is 1. The third kappa shape index (κ3) is 4.10. The normalized spacial score (nSPS) is 20.7. The summed E-state index contributed by atoms with van der Waals surface area (Å²) in [5.74, 6) is 1.67. The van der Waals surface area contributed by atoms with Gasteiger partial charge >= 0.3 is 0 Å². The zero-order valence-electron chi connectivity index (χ0n) is 19.8. The molecule has 3 aromatic heterocycles. The van der Waals surface area contributed by atoms with E-state index in [1.54, 1.807) is 4.52 Å². The Morgan fingerprint density at radius 1 is 1.09 bits per heavy atom. The van der Waals surface area contributed by atoms with E-state index in [1.807, 2.05) is 6.92 Å². The van der Waals surface area contributed by atoms with Crippen molar-refractivity contribution < 1.29 is 14.0 Å². The van der Waals surface area contributed by atoms with Gasteiger partial charge in [-0.1, -0.05) is 35.0 Å². The van der Waals surface area contributed by atoms with Gasteiger partial charge in [0, 0.05) is 19.0 Å². The molecule has 2 aliphatic rings. The summed E-state index contributed by atoms with van der Waals surface area (Å²) in [5.41, 5.74) is 3.25. The highest BCUT2D eigenvalue weighted by molar-refractivity contribution is 5.56. The second-order valence-corrected chi connectivity index (χ2v) is 9.13. The number of anilines is 1. The van der Waals surface area contributed by atoms with Gasteiger partial charge in [-0.2, -0.15) is 14.6 Å². The summed E-state index contributed by atoms with van der Waals surface area (Å²) < 4.78 is 20.0. The Hall–Kier alpha value is -3.57. The third-order valence-corrected chi connectivity index (χ3v) is 6.68. The minimum absolute atomic E-state index is 0.0160. The van der Waals surface area contributed by atoms with Gasteiger partial charge in [-0.15, -0.1) is 0 Å². The number of fused-ring (bicyclic) bond motifs is 1. The molecule has 0 N–H and O–H groups in total. The van der Waals surface area contributed by atoms with Crippen LogP contribution in [0.2, 0.25) is 0 Å². The molecule has 2 fully saturated rings. The van der Waals surface area contributed by atoms with Crippen molar-refractivity contribution in [2.45, 2.75) is 38.8 Å². The smallest absolute Gasteiger partial charge is 0.280 e. The maximum atomic E-state index is 13.2. The Labute approximate surface area is 201 Å². The van der Waals surface area contributed by atoms with Crippen LogP contribution in [-0.4, -0.2) is 62.2 Å². The lowest BCUT2D eigenvalue weighted by atomic mass is 9.99. The molecule has 0 aliphatic carbocycles. The maximum absolute atomic E-state index is 13.2. The molecule has 0 saturated carbocycles. The molecule has 5 heterocycles. The minimum Gasteiger partial charge on any atom is -0.378 e. The maximum Gasteiger partial charge on any atom is 0.280 e. The lowest BCUT2D eigenvalue weighted by Gasteiger charge is -2.26. The van der Waals surface area contributed by atoms with Crippen LogP contribution in [0.25, 0.3) is 5.52 Å². The first-order valence-corrected chi connectivity index (χ1v) is 11.8. The highest BCUT2D eigenvalue weighted by atomic mass is 16.5. The SMILES string of the molecule is Cc1ccc([C@H]2C[C@H](c3noc(Cn4cnn5c(N6CCOCC6)nc(C)c5c4=O)n3)CO2)cc1. The summed E-state index contributed by atoms with van der Waals surface area (Å²) in [4.78, 5) is 24.5. The standard InChI is InChI=1S/C24H27N7O4/c1-15-3-5-17(6-4-15)19-11-18(13-34-19)22-27-20(35-28-22)12-30-14-25-31-21(23(30)32)16(2)26-24(31)29-7-9-33-10-8-29/h3-6,14,18-19H,7-13H2,1-2H3/t18-,19+/m0/s1. The predicted octanol–water partition coefficient (Wildman–Crippen LogP) is 2.02. The topological polar surface area (TPSA) is 113 Å².